The lowest BCUT2D eigenvalue weighted by Gasteiger charge is -2.36. The number of fused-ring (bicyclic) bond motifs is 1. The van der Waals surface area contributed by atoms with Crippen LogP contribution in [0.15, 0.2) is 52.3 Å². The van der Waals surface area contributed by atoms with Crippen molar-refractivity contribution in [3.63, 3.8) is 0 Å². The molecule has 5 rings (SSSR count). The van der Waals surface area contributed by atoms with E-state index in [1.807, 2.05) is 31.2 Å². The van der Waals surface area contributed by atoms with E-state index in [0.29, 0.717) is 23.7 Å². The number of hydrogen-bond donors (Lipinski definition) is 1. The highest BCUT2D eigenvalue weighted by atomic mass is 35.5. The zero-order valence-corrected chi connectivity index (χ0v) is 21.8. The van der Waals surface area contributed by atoms with Crippen LogP contribution >= 0.6 is 22.9 Å². The van der Waals surface area contributed by atoms with Gasteiger partial charge < -0.3 is 14.6 Å². The molecule has 4 heterocycles. The van der Waals surface area contributed by atoms with E-state index in [2.05, 4.69) is 10.3 Å². The molecule has 1 fully saturated rings. The lowest BCUT2D eigenvalue weighted by atomic mass is 9.94. The van der Waals surface area contributed by atoms with Gasteiger partial charge in [0.2, 0.25) is 0 Å². The topological polar surface area (TPSA) is 78.2 Å². The summed E-state index contributed by atoms with van der Waals surface area (Å²) >= 11 is 7.91. The molecule has 188 valence electrons. The molecule has 10 heteroatoms. The molecule has 7 nitrogen and oxygen atoms in total. The first-order valence-corrected chi connectivity index (χ1v) is 12.8. The van der Waals surface area contributed by atoms with E-state index in [1.165, 1.54) is 32.7 Å². The largest absolute Gasteiger partial charge is 0.486 e. The predicted molar refractivity (Wildman–Crippen MR) is 141 cm³/mol. The number of pyridine rings is 1. The van der Waals surface area contributed by atoms with Crippen LogP contribution < -0.4 is 21.3 Å². The van der Waals surface area contributed by atoms with Crippen molar-refractivity contribution in [3.8, 4) is 16.9 Å². The van der Waals surface area contributed by atoms with Crippen molar-refractivity contribution in [2.75, 3.05) is 13.1 Å². The van der Waals surface area contributed by atoms with Gasteiger partial charge in [-0.3, -0.25) is 14.3 Å². The van der Waals surface area contributed by atoms with Crippen molar-refractivity contribution in [1.82, 2.24) is 19.4 Å². The second-order valence-electron chi connectivity index (χ2n) is 9.37. The van der Waals surface area contributed by atoms with Crippen LogP contribution in [0.3, 0.4) is 0 Å². The number of aryl methyl sites for hydroxylation is 2. The SMILES string of the molecule is Cc1cc(Cl)cc(-c2ccnc3cc(Cn4c(=O)ccn(C)c4=O)sc23)c1O[C@@H]1CCNC[C@]1(C)F. The Bertz CT molecular complexity index is 1580. The van der Waals surface area contributed by atoms with Crippen molar-refractivity contribution < 1.29 is 9.13 Å². The number of benzene rings is 1. The van der Waals surface area contributed by atoms with E-state index in [-0.39, 0.29) is 24.3 Å². The fourth-order valence-electron chi connectivity index (χ4n) is 4.58. The average molecular weight is 529 g/mol. The number of rotatable bonds is 5. The summed E-state index contributed by atoms with van der Waals surface area (Å²) in [5.41, 5.74) is 0.886. The van der Waals surface area contributed by atoms with E-state index in [1.54, 1.807) is 20.2 Å². The summed E-state index contributed by atoms with van der Waals surface area (Å²) in [6.45, 7) is 4.50. The lowest BCUT2D eigenvalue weighted by Crippen LogP contribution is -2.53. The quantitative estimate of drug-likeness (QED) is 0.418. The molecule has 0 aliphatic carbocycles. The molecular weight excluding hydrogens is 503 g/mol. The number of nitrogens with one attached hydrogen (secondary N) is 1. The highest BCUT2D eigenvalue weighted by molar-refractivity contribution is 7.19. The van der Waals surface area contributed by atoms with Crippen LogP contribution in [0.25, 0.3) is 21.3 Å². The summed E-state index contributed by atoms with van der Waals surface area (Å²) < 4.78 is 25.0. The molecule has 1 aromatic carbocycles. The van der Waals surface area contributed by atoms with Gasteiger partial charge in [0.15, 0.2) is 5.67 Å². The second kappa shape index (κ2) is 9.46. The van der Waals surface area contributed by atoms with Crippen LogP contribution in [0.1, 0.15) is 23.8 Å². The molecule has 1 aliphatic rings. The highest BCUT2D eigenvalue weighted by Gasteiger charge is 2.39. The summed E-state index contributed by atoms with van der Waals surface area (Å²) in [4.78, 5) is 30.2. The lowest BCUT2D eigenvalue weighted by molar-refractivity contribution is 0.000220. The molecule has 1 N–H and O–H groups in total. The number of aromatic nitrogens is 3. The molecule has 2 atom stereocenters. The number of nitrogens with zero attached hydrogens (tertiary/aromatic N) is 3. The molecule has 0 spiro atoms. The standard InChI is InChI=1S/C26H26ClFN4O3S/c1-15-10-16(27)11-19(23(15)35-21-5-7-29-14-26(21,2)28)18-4-8-30-20-12-17(36-24(18)20)13-32-22(33)6-9-31(3)25(32)34/h4,6,8-12,21,29H,5,7,13-14H2,1-3H3/t21-,26+/m1/s1. The molecule has 3 aromatic heterocycles. The van der Waals surface area contributed by atoms with Crippen molar-refractivity contribution in [2.45, 2.75) is 38.6 Å². The zero-order valence-electron chi connectivity index (χ0n) is 20.2. The average Bonchev–Trinajstić information content (AvgIpc) is 3.24. The molecule has 0 bridgehead atoms. The Balaban J connectivity index is 1.60. The minimum atomic E-state index is -1.51. The van der Waals surface area contributed by atoms with E-state index < -0.39 is 11.8 Å². The Kier molecular flexibility index (Phi) is 6.48. The normalized spacial score (nSPS) is 20.1. The first kappa shape index (κ1) is 24.7. The maximum Gasteiger partial charge on any atom is 0.331 e. The minimum absolute atomic E-state index is 0.139. The predicted octanol–water partition coefficient (Wildman–Crippen LogP) is 4.30. The maximum absolute atomic E-state index is 15.2. The van der Waals surface area contributed by atoms with Crippen LogP contribution in [0, 0.1) is 6.92 Å². The Hall–Kier alpha value is -3.01. The van der Waals surface area contributed by atoms with Gasteiger partial charge in [0.05, 0.1) is 16.8 Å². The van der Waals surface area contributed by atoms with Crippen LogP contribution in [-0.4, -0.2) is 39.0 Å². The van der Waals surface area contributed by atoms with Crippen LogP contribution in [0.5, 0.6) is 5.75 Å². The Morgan fingerprint density at radius 3 is 2.86 bits per heavy atom. The Labute approximate surface area is 216 Å². The highest BCUT2D eigenvalue weighted by Crippen LogP contribution is 2.42. The molecule has 0 saturated carbocycles. The zero-order chi connectivity index (χ0) is 25.6. The molecule has 1 saturated heterocycles. The minimum Gasteiger partial charge on any atom is -0.486 e. The van der Waals surface area contributed by atoms with E-state index >= 15 is 4.39 Å². The number of halogens is 2. The molecule has 36 heavy (non-hydrogen) atoms. The first-order chi connectivity index (χ1) is 17.1. The number of alkyl halides is 1. The summed E-state index contributed by atoms with van der Waals surface area (Å²) in [6.07, 6.45) is 3.10. The van der Waals surface area contributed by atoms with Gasteiger partial charge in [0, 0.05) is 53.1 Å². The molecule has 0 radical (unpaired) electrons. The molecule has 0 unspecified atom stereocenters. The molecular formula is C26H26ClFN4O3S. The third-order valence-corrected chi connectivity index (χ3v) is 7.89. The van der Waals surface area contributed by atoms with Gasteiger partial charge in [-0.15, -0.1) is 11.3 Å². The van der Waals surface area contributed by atoms with Crippen molar-refractivity contribution in [2.24, 2.45) is 7.05 Å². The third-order valence-electron chi connectivity index (χ3n) is 6.53. The van der Waals surface area contributed by atoms with Crippen molar-refractivity contribution >= 4 is 33.2 Å². The van der Waals surface area contributed by atoms with Crippen LogP contribution in [0.2, 0.25) is 5.02 Å². The Morgan fingerprint density at radius 1 is 1.28 bits per heavy atom. The number of piperidine rings is 1. The van der Waals surface area contributed by atoms with E-state index in [4.69, 9.17) is 16.3 Å². The van der Waals surface area contributed by atoms with Gasteiger partial charge in [-0.05, 0) is 56.6 Å². The number of hydrogen-bond acceptors (Lipinski definition) is 6. The van der Waals surface area contributed by atoms with Gasteiger partial charge in [0.25, 0.3) is 5.56 Å². The van der Waals surface area contributed by atoms with E-state index in [9.17, 15) is 9.59 Å². The van der Waals surface area contributed by atoms with Gasteiger partial charge in [0.1, 0.15) is 11.9 Å². The summed E-state index contributed by atoms with van der Waals surface area (Å²) in [5, 5.41) is 3.63. The summed E-state index contributed by atoms with van der Waals surface area (Å²) in [5.74, 6) is 0.589. The second-order valence-corrected chi connectivity index (χ2v) is 10.9. The molecule has 1 aliphatic heterocycles. The van der Waals surface area contributed by atoms with Crippen LogP contribution in [0.4, 0.5) is 4.39 Å². The maximum atomic E-state index is 15.2. The van der Waals surface area contributed by atoms with Gasteiger partial charge in [-0.2, -0.15) is 0 Å². The number of thiophene rings is 1. The van der Waals surface area contributed by atoms with Gasteiger partial charge in [-0.25, -0.2) is 9.18 Å². The molecule has 0 amide bonds. The first-order valence-electron chi connectivity index (χ1n) is 11.6. The third kappa shape index (κ3) is 4.58. The van der Waals surface area contributed by atoms with Crippen LogP contribution in [-0.2, 0) is 13.6 Å². The monoisotopic (exact) mass is 528 g/mol. The smallest absolute Gasteiger partial charge is 0.331 e. The van der Waals surface area contributed by atoms with Crippen molar-refractivity contribution in [3.05, 3.63) is 79.0 Å². The fraction of sp³-hybridized carbons (Fsp3) is 0.346. The number of ether oxygens (including phenoxy) is 1. The fourth-order valence-corrected chi connectivity index (χ4v) is 5.99. The molecule has 4 aromatic rings. The van der Waals surface area contributed by atoms with Crippen molar-refractivity contribution in [1.29, 1.82) is 0 Å². The van der Waals surface area contributed by atoms with Gasteiger partial charge >= 0.3 is 5.69 Å². The summed E-state index contributed by atoms with van der Waals surface area (Å²) in [7, 11) is 1.61. The Morgan fingerprint density at radius 2 is 2.08 bits per heavy atom. The summed E-state index contributed by atoms with van der Waals surface area (Å²) in [6, 6.07) is 8.77. The van der Waals surface area contributed by atoms with E-state index in [0.717, 1.165) is 31.8 Å². The van der Waals surface area contributed by atoms with Gasteiger partial charge in [-0.1, -0.05) is 11.6 Å².